The highest BCUT2D eigenvalue weighted by atomic mass is 35.5. The fourth-order valence-electron chi connectivity index (χ4n) is 0.921. The van der Waals surface area contributed by atoms with Gasteiger partial charge in [0.15, 0.2) is 0 Å². The normalized spacial score (nSPS) is 12.8. The number of nitrogens with one attached hydrogen (secondary N) is 1. The maximum absolute atomic E-state index is 11.6. The fourth-order valence-corrected chi connectivity index (χ4v) is 2.29. The molecule has 1 N–H and O–H groups in total. The summed E-state index contributed by atoms with van der Waals surface area (Å²) in [6.45, 7) is 0.749. The molecule has 0 aromatic heterocycles. The summed E-state index contributed by atoms with van der Waals surface area (Å²) in [5.41, 5.74) is 0. The molecular formula is C9H12ClNOS. The molecule has 1 rings (SSSR count). The zero-order chi connectivity index (χ0) is 9.68. The highest BCUT2D eigenvalue weighted by Gasteiger charge is 2.02. The van der Waals surface area contributed by atoms with Gasteiger partial charge < -0.3 is 5.32 Å². The number of hydrogen-bond acceptors (Lipinski definition) is 2. The van der Waals surface area contributed by atoms with E-state index in [9.17, 15) is 4.21 Å². The van der Waals surface area contributed by atoms with Crippen molar-refractivity contribution in [1.82, 2.24) is 5.32 Å². The summed E-state index contributed by atoms with van der Waals surface area (Å²) in [6, 6.07) is 7.17. The van der Waals surface area contributed by atoms with Crippen LogP contribution in [0.3, 0.4) is 0 Å². The Labute approximate surface area is 85.8 Å². The molecule has 4 heteroatoms. The molecule has 1 unspecified atom stereocenters. The molecule has 0 amide bonds. The molecule has 0 heterocycles. The maximum atomic E-state index is 11.6. The van der Waals surface area contributed by atoms with Crippen LogP contribution in [0.4, 0.5) is 0 Å². The summed E-state index contributed by atoms with van der Waals surface area (Å²) < 4.78 is 11.6. The van der Waals surface area contributed by atoms with E-state index in [2.05, 4.69) is 5.32 Å². The van der Waals surface area contributed by atoms with Gasteiger partial charge in [-0.05, 0) is 25.2 Å². The number of benzene rings is 1. The maximum Gasteiger partial charge on any atom is 0.0542 e. The Morgan fingerprint density at radius 3 is 2.92 bits per heavy atom. The second-order valence-electron chi connectivity index (χ2n) is 2.61. The van der Waals surface area contributed by atoms with Crippen molar-refractivity contribution in [3.8, 4) is 0 Å². The molecule has 1 aromatic rings. The van der Waals surface area contributed by atoms with E-state index in [1.54, 1.807) is 12.1 Å². The minimum Gasteiger partial charge on any atom is -0.319 e. The molecule has 0 saturated carbocycles. The van der Waals surface area contributed by atoms with Crippen LogP contribution in [0.5, 0.6) is 0 Å². The van der Waals surface area contributed by atoms with Crippen molar-refractivity contribution < 1.29 is 4.21 Å². The average Bonchev–Trinajstić information content (AvgIpc) is 2.14. The van der Waals surface area contributed by atoms with E-state index < -0.39 is 10.8 Å². The van der Waals surface area contributed by atoms with Gasteiger partial charge in [0.05, 0.1) is 10.8 Å². The lowest BCUT2D eigenvalue weighted by atomic mass is 10.4. The Morgan fingerprint density at radius 2 is 2.31 bits per heavy atom. The quantitative estimate of drug-likeness (QED) is 0.832. The summed E-state index contributed by atoms with van der Waals surface area (Å²) >= 11 is 5.77. The molecule has 0 radical (unpaired) electrons. The van der Waals surface area contributed by atoms with Crippen molar-refractivity contribution in [2.45, 2.75) is 4.90 Å². The highest BCUT2D eigenvalue weighted by Crippen LogP contribution is 2.13. The van der Waals surface area contributed by atoms with Gasteiger partial charge in [0, 0.05) is 22.2 Å². The van der Waals surface area contributed by atoms with Gasteiger partial charge in [0.25, 0.3) is 0 Å². The van der Waals surface area contributed by atoms with Crippen molar-refractivity contribution in [1.29, 1.82) is 0 Å². The molecule has 13 heavy (non-hydrogen) atoms. The molecule has 1 atom stereocenters. The molecule has 0 aliphatic heterocycles. The summed E-state index contributed by atoms with van der Waals surface area (Å²) in [7, 11) is 0.902. The molecule has 0 saturated heterocycles. The van der Waals surface area contributed by atoms with Crippen molar-refractivity contribution in [3.05, 3.63) is 29.3 Å². The van der Waals surface area contributed by atoms with Gasteiger partial charge in [-0.1, -0.05) is 17.7 Å². The van der Waals surface area contributed by atoms with Crippen LogP contribution in [0.15, 0.2) is 29.2 Å². The predicted octanol–water partition coefficient (Wildman–Crippen LogP) is 1.67. The van der Waals surface area contributed by atoms with E-state index in [-0.39, 0.29) is 0 Å². The van der Waals surface area contributed by atoms with Gasteiger partial charge in [-0.2, -0.15) is 0 Å². The SMILES string of the molecule is CNCCS(=O)c1cccc(Cl)c1. The average molecular weight is 218 g/mol. The van der Waals surface area contributed by atoms with Gasteiger partial charge in [-0.3, -0.25) is 4.21 Å². The van der Waals surface area contributed by atoms with E-state index in [0.717, 1.165) is 11.4 Å². The Bertz CT molecular complexity index is 303. The Morgan fingerprint density at radius 1 is 1.54 bits per heavy atom. The second-order valence-corrected chi connectivity index (χ2v) is 4.62. The van der Waals surface area contributed by atoms with E-state index in [1.807, 2.05) is 19.2 Å². The van der Waals surface area contributed by atoms with E-state index in [0.29, 0.717) is 10.8 Å². The first-order valence-corrected chi connectivity index (χ1v) is 5.72. The predicted molar refractivity (Wildman–Crippen MR) is 56.7 cm³/mol. The first-order valence-electron chi connectivity index (χ1n) is 4.02. The molecule has 0 bridgehead atoms. The van der Waals surface area contributed by atoms with Crippen LogP contribution in [0.1, 0.15) is 0 Å². The second kappa shape index (κ2) is 5.37. The van der Waals surface area contributed by atoms with E-state index in [1.165, 1.54) is 0 Å². The molecule has 72 valence electrons. The topological polar surface area (TPSA) is 29.1 Å². The lowest BCUT2D eigenvalue weighted by Crippen LogP contribution is -2.15. The summed E-state index contributed by atoms with van der Waals surface area (Å²) in [5, 5.41) is 3.59. The van der Waals surface area contributed by atoms with Crippen LogP contribution in [0.2, 0.25) is 5.02 Å². The van der Waals surface area contributed by atoms with Crippen LogP contribution in [0, 0.1) is 0 Å². The zero-order valence-electron chi connectivity index (χ0n) is 7.42. The van der Waals surface area contributed by atoms with Crippen molar-refractivity contribution in [2.24, 2.45) is 0 Å². The summed E-state index contributed by atoms with van der Waals surface area (Å²) in [5.74, 6) is 0.622. The van der Waals surface area contributed by atoms with Crippen molar-refractivity contribution in [2.75, 3.05) is 19.3 Å². The Balaban J connectivity index is 2.66. The van der Waals surface area contributed by atoms with Crippen LogP contribution in [0.25, 0.3) is 0 Å². The van der Waals surface area contributed by atoms with E-state index >= 15 is 0 Å². The zero-order valence-corrected chi connectivity index (χ0v) is 8.99. The van der Waals surface area contributed by atoms with Crippen LogP contribution < -0.4 is 5.32 Å². The molecular weight excluding hydrogens is 206 g/mol. The summed E-state index contributed by atoms with van der Waals surface area (Å²) in [4.78, 5) is 0.794. The Kier molecular flexibility index (Phi) is 4.42. The lowest BCUT2D eigenvalue weighted by molar-refractivity contribution is 0.680. The van der Waals surface area contributed by atoms with Crippen LogP contribution in [-0.2, 0) is 10.8 Å². The van der Waals surface area contributed by atoms with Crippen LogP contribution in [-0.4, -0.2) is 23.6 Å². The summed E-state index contributed by atoms with van der Waals surface area (Å²) in [6.07, 6.45) is 0. The molecule has 2 nitrogen and oxygen atoms in total. The lowest BCUT2D eigenvalue weighted by Gasteiger charge is -2.01. The monoisotopic (exact) mass is 217 g/mol. The van der Waals surface area contributed by atoms with Crippen LogP contribution >= 0.6 is 11.6 Å². The number of halogens is 1. The van der Waals surface area contributed by atoms with Gasteiger partial charge in [0.1, 0.15) is 0 Å². The van der Waals surface area contributed by atoms with Gasteiger partial charge >= 0.3 is 0 Å². The molecule has 0 fully saturated rings. The minimum atomic E-state index is -0.941. The number of rotatable bonds is 4. The van der Waals surface area contributed by atoms with Gasteiger partial charge in [-0.15, -0.1) is 0 Å². The smallest absolute Gasteiger partial charge is 0.0542 e. The van der Waals surface area contributed by atoms with Crippen molar-refractivity contribution in [3.63, 3.8) is 0 Å². The largest absolute Gasteiger partial charge is 0.319 e. The molecule has 0 aliphatic rings. The molecule has 0 spiro atoms. The fraction of sp³-hybridized carbons (Fsp3) is 0.333. The minimum absolute atomic E-state index is 0.622. The number of hydrogen-bond donors (Lipinski definition) is 1. The van der Waals surface area contributed by atoms with E-state index in [4.69, 9.17) is 11.6 Å². The first kappa shape index (κ1) is 10.7. The molecule has 1 aromatic carbocycles. The van der Waals surface area contributed by atoms with Crippen molar-refractivity contribution >= 4 is 22.4 Å². The standard InChI is InChI=1S/C9H12ClNOS/c1-11-5-6-13(12)9-4-2-3-8(10)7-9/h2-4,7,11H,5-6H2,1H3. The van der Waals surface area contributed by atoms with Gasteiger partial charge in [0.2, 0.25) is 0 Å². The third-order valence-corrected chi connectivity index (χ3v) is 3.19. The highest BCUT2D eigenvalue weighted by molar-refractivity contribution is 7.85. The first-order chi connectivity index (χ1) is 6.24. The van der Waals surface area contributed by atoms with Gasteiger partial charge in [-0.25, -0.2) is 0 Å². The Hall–Kier alpha value is -0.380. The molecule has 0 aliphatic carbocycles. The third-order valence-electron chi connectivity index (χ3n) is 1.60. The third kappa shape index (κ3) is 3.46.